The summed E-state index contributed by atoms with van der Waals surface area (Å²) >= 11 is 0. The predicted molar refractivity (Wildman–Crippen MR) is 62.9 cm³/mol. The summed E-state index contributed by atoms with van der Waals surface area (Å²) in [6.45, 7) is 7.92. The number of likely N-dealkylation sites (N-methyl/N-ethyl adjacent to an activating group) is 1. The molecule has 0 spiro atoms. The zero-order valence-corrected chi connectivity index (χ0v) is 9.39. The molecule has 0 aromatic carbocycles. The first kappa shape index (κ1) is 10.6. The van der Waals surface area contributed by atoms with Crippen LogP contribution >= 0.6 is 0 Å². The Bertz CT molecular complexity index is 264. The van der Waals surface area contributed by atoms with Gasteiger partial charge < -0.3 is 15.5 Å². The molecule has 0 saturated carbocycles. The van der Waals surface area contributed by atoms with Crippen LogP contribution in [0.4, 0.5) is 0 Å². The maximum Gasteiger partial charge on any atom is 0.101 e. The zero-order valence-electron chi connectivity index (χ0n) is 9.39. The Hall–Kier alpha value is -0.870. The Kier molecular flexibility index (Phi) is 3.38. The van der Waals surface area contributed by atoms with Crippen molar-refractivity contribution in [1.29, 1.82) is 0 Å². The summed E-state index contributed by atoms with van der Waals surface area (Å²) < 4.78 is 0. The molecule has 2 aliphatic heterocycles. The monoisotopic (exact) mass is 208 g/mol. The highest BCUT2D eigenvalue weighted by atomic mass is 15.3. The fourth-order valence-electron chi connectivity index (χ4n) is 2.06. The van der Waals surface area contributed by atoms with E-state index >= 15 is 0 Å². The van der Waals surface area contributed by atoms with Crippen LogP contribution in [0, 0.1) is 0 Å². The number of hydrogen-bond acceptors (Lipinski definition) is 4. The molecule has 1 fully saturated rings. The van der Waals surface area contributed by atoms with Gasteiger partial charge in [0.15, 0.2) is 0 Å². The van der Waals surface area contributed by atoms with Gasteiger partial charge in [-0.15, -0.1) is 0 Å². The van der Waals surface area contributed by atoms with E-state index in [9.17, 15) is 0 Å². The molecular weight excluding hydrogens is 188 g/mol. The van der Waals surface area contributed by atoms with Crippen molar-refractivity contribution in [1.82, 2.24) is 9.80 Å². The molecule has 2 heterocycles. The summed E-state index contributed by atoms with van der Waals surface area (Å²) in [6.07, 6.45) is 4.99. The van der Waals surface area contributed by atoms with E-state index in [0.29, 0.717) is 0 Å². The van der Waals surface area contributed by atoms with E-state index in [4.69, 9.17) is 5.73 Å². The lowest BCUT2D eigenvalue weighted by molar-refractivity contribution is 0.170. The molecule has 1 saturated heterocycles. The third-order valence-corrected chi connectivity index (χ3v) is 3.15. The lowest BCUT2D eigenvalue weighted by Crippen LogP contribution is -2.46. The molecule has 0 aromatic heterocycles. The van der Waals surface area contributed by atoms with Gasteiger partial charge >= 0.3 is 0 Å². The van der Waals surface area contributed by atoms with E-state index in [2.05, 4.69) is 27.8 Å². The van der Waals surface area contributed by atoms with Crippen molar-refractivity contribution in [2.24, 2.45) is 10.7 Å². The second-order valence-corrected chi connectivity index (χ2v) is 4.13. The minimum Gasteiger partial charge on any atom is -0.368 e. The lowest BCUT2D eigenvalue weighted by atomic mass is 10.2. The standard InChI is InChI=1S/C11H20N4/c1-2-14-5-7-15(8-6-14)10-3-4-11(12)13-9-10/h3,9,11H,2,4-8,12H2,1H3. The molecule has 2 aliphatic rings. The first-order valence-corrected chi connectivity index (χ1v) is 5.76. The van der Waals surface area contributed by atoms with E-state index in [0.717, 1.165) is 39.1 Å². The minimum absolute atomic E-state index is 0.0225. The second-order valence-electron chi connectivity index (χ2n) is 4.13. The third-order valence-electron chi connectivity index (χ3n) is 3.15. The first-order valence-electron chi connectivity index (χ1n) is 5.76. The van der Waals surface area contributed by atoms with Crippen LogP contribution in [0.1, 0.15) is 13.3 Å². The van der Waals surface area contributed by atoms with Crippen LogP contribution < -0.4 is 5.73 Å². The van der Waals surface area contributed by atoms with Gasteiger partial charge in [-0.1, -0.05) is 13.0 Å². The number of rotatable bonds is 2. The van der Waals surface area contributed by atoms with Gasteiger partial charge in [-0.2, -0.15) is 0 Å². The summed E-state index contributed by atoms with van der Waals surface area (Å²) in [7, 11) is 0. The van der Waals surface area contributed by atoms with E-state index in [1.807, 2.05) is 6.21 Å². The summed E-state index contributed by atoms with van der Waals surface area (Å²) in [5.41, 5.74) is 6.96. The number of aliphatic imine (C=N–C) groups is 1. The Labute approximate surface area is 91.4 Å². The minimum atomic E-state index is -0.0225. The van der Waals surface area contributed by atoms with Crippen molar-refractivity contribution < 1.29 is 0 Å². The van der Waals surface area contributed by atoms with Crippen LogP contribution in [-0.2, 0) is 0 Å². The molecule has 2 rings (SSSR count). The maximum absolute atomic E-state index is 5.70. The largest absolute Gasteiger partial charge is 0.368 e. The van der Waals surface area contributed by atoms with Crippen LogP contribution in [-0.4, -0.2) is 54.9 Å². The van der Waals surface area contributed by atoms with Gasteiger partial charge in [0, 0.05) is 38.8 Å². The normalized spacial score (nSPS) is 28.0. The molecular formula is C11H20N4. The van der Waals surface area contributed by atoms with Gasteiger partial charge in [-0.25, -0.2) is 0 Å². The summed E-state index contributed by atoms with van der Waals surface area (Å²) in [5, 5.41) is 0. The number of piperazine rings is 1. The molecule has 2 N–H and O–H groups in total. The van der Waals surface area contributed by atoms with Crippen LogP contribution in [0.2, 0.25) is 0 Å². The Morgan fingerprint density at radius 3 is 2.67 bits per heavy atom. The van der Waals surface area contributed by atoms with Crippen molar-refractivity contribution in [2.75, 3.05) is 32.7 Å². The Morgan fingerprint density at radius 2 is 2.13 bits per heavy atom. The highest BCUT2D eigenvalue weighted by Gasteiger charge is 2.18. The van der Waals surface area contributed by atoms with E-state index < -0.39 is 0 Å². The SMILES string of the molecule is CCN1CCN(C2=CCC(N)N=C2)CC1. The second kappa shape index (κ2) is 4.77. The highest BCUT2D eigenvalue weighted by Crippen LogP contribution is 2.12. The fourth-order valence-corrected chi connectivity index (χ4v) is 2.06. The van der Waals surface area contributed by atoms with Crippen molar-refractivity contribution in [2.45, 2.75) is 19.5 Å². The number of dihydropyridines is 1. The molecule has 0 aromatic rings. The molecule has 84 valence electrons. The molecule has 1 unspecified atom stereocenters. The van der Waals surface area contributed by atoms with Crippen LogP contribution in [0.15, 0.2) is 16.8 Å². The van der Waals surface area contributed by atoms with Crippen LogP contribution in [0.5, 0.6) is 0 Å². The third kappa shape index (κ3) is 2.58. The Balaban J connectivity index is 1.88. The number of allylic oxidation sites excluding steroid dienone is 1. The average molecular weight is 208 g/mol. The summed E-state index contributed by atoms with van der Waals surface area (Å²) in [5.74, 6) is 0. The van der Waals surface area contributed by atoms with Crippen molar-refractivity contribution in [3.8, 4) is 0 Å². The van der Waals surface area contributed by atoms with Crippen LogP contribution in [0.3, 0.4) is 0 Å². The Morgan fingerprint density at radius 1 is 1.40 bits per heavy atom. The topological polar surface area (TPSA) is 44.9 Å². The molecule has 0 amide bonds. The first-order chi connectivity index (χ1) is 7.29. The van der Waals surface area contributed by atoms with E-state index in [1.165, 1.54) is 5.70 Å². The van der Waals surface area contributed by atoms with Crippen LogP contribution in [0.25, 0.3) is 0 Å². The molecule has 1 atom stereocenters. The predicted octanol–water partition coefficient (Wildman–Crippen LogP) is 0.267. The van der Waals surface area contributed by atoms with Gasteiger partial charge in [-0.3, -0.25) is 4.99 Å². The molecule has 4 heteroatoms. The van der Waals surface area contributed by atoms with Gasteiger partial charge in [0.25, 0.3) is 0 Å². The number of nitrogens with zero attached hydrogens (tertiary/aromatic N) is 3. The lowest BCUT2D eigenvalue weighted by Gasteiger charge is -2.36. The summed E-state index contributed by atoms with van der Waals surface area (Å²) in [6, 6.07) is 0. The quantitative estimate of drug-likeness (QED) is 0.708. The average Bonchev–Trinajstić information content (AvgIpc) is 2.30. The molecule has 4 nitrogen and oxygen atoms in total. The highest BCUT2D eigenvalue weighted by molar-refractivity contribution is 5.78. The van der Waals surface area contributed by atoms with Gasteiger partial charge in [0.05, 0.1) is 5.70 Å². The van der Waals surface area contributed by atoms with Gasteiger partial charge in [0.1, 0.15) is 6.17 Å². The maximum atomic E-state index is 5.70. The van der Waals surface area contributed by atoms with Crippen molar-refractivity contribution >= 4 is 6.21 Å². The number of nitrogens with two attached hydrogens (primary N) is 1. The van der Waals surface area contributed by atoms with Gasteiger partial charge in [0.2, 0.25) is 0 Å². The van der Waals surface area contributed by atoms with Crippen molar-refractivity contribution in [3.05, 3.63) is 11.8 Å². The van der Waals surface area contributed by atoms with E-state index in [1.54, 1.807) is 0 Å². The molecule has 0 bridgehead atoms. The molecule has 0 aliphatic carbocycles. The smallest absolute Gasteiger partial charge is 0.101 e. The van der Waals surface area contributed by atoms with Gasteiger partial charge in [-0.05, 0) is 6.54 Å². The molecule has 15 heavy (non-hydrogen) atoms. The van der Waals surface area contributed by atoms with E-state index in [-0.39, 0.29) is 6.17 Å². The fraction of sp³-hybridized carbons (Fsp3) is 0.727. The summed E-state index contributed by atoms with van der Waals surface area (Å²) in [4.78, 5) is 9.13. The van der Waals surface area contributed by atoms with Crippen molar-refractivity contribution in [3.63, 3.8) is 0 Å². The molecule has 0 radical (unpaired) electrons. The number of hydrogen-bond donors (Lipinski definition) is 1. The zero-order chi connectivity index (χ0) is 10.7.